The van der Waals surface area contributed by atoms with Gasteiger partial charge in [-0.2, -0.15) is 0 Å². The summed E-state index contributed by atoms with van der Waals surface area (Å²) in [6, 6.07) is 18.0. The Hall–Kier alpha value is -2.56. The summed E-state index contributed by atoms with van der Waals surface area (Å²) >= 11 is 6.52. The minimum Gasteiger partial charge on any atom is -0.348 e. The fourth-order valence-electron chi connectivity index (χ4n) is 3.86. The van der Waals surface area contributed by atoms with Gasteiger partial charge in [-0.15, -0.1) is 0 Å². The second-order valence-electron chi connectivity index (χ2n) is 7.37. The first-order valence-corrected chi connectivity index (χ1v) is 9.91. The molecule has 1 atom stereocenters. The highest BCUT2D eigenvalue weighted by molar-refractivity contribution is 6.31. The average molecular weight is 394 g/mol. The predicted molar refractivity (Wildman–Crippen MR) is 114 cm³/mol. The zero-order valence-electron chi connectivity index (χ0n) is 16.2. The van der Waals surface area contributed by atoms with E-state index >= 15 is 0 Å². The minimum atomic E-state index is -0.0389. The lowest BCUT2D eigenvalue weighted by Gasteiger charge is -2.37. The Labute approximate surface area is 170 Å². The van der Waals surface area contributed by atoms with Crippen LogP contribution in [0.1, 0.15) is 28.4 Å². The second-order valence-corrected chi connectivity index (χ2v) is 7.78. The number of carbonyl (C=O) groups is 1. The van der Waals surface area contributed by atoms with Crippen LogP contribution in [0.3, 0.4) is 0 Å². The number of rotatable bonds is 4. The third-order valence-electron chi connectivity index (χ3n) is 5.48. The maximum atomic E-state index is 12.8. The molecule has 0 bridgehead atoms. The zero-order valence-corrected chi connectivity index (χ0v) is 16.9. The molecular weight excluding hydrogens is 370 g/mol. The van der Waals surface area contributed by atoms with Crippen molar-refractivity contribution in [1.82, 2.24) is 9.47 Å². The highest BCUT2D eigenvalue weighted by Crippen LogP contribution is 2.35. The molecule has 2 aromatic carbocycles. The standard InChI is InChI=1S/C23H24ClN3O/c1-16-9-10-18(14-17(16)2)25-22(28)15-27-13-12-26-11-5-8-21(26)23(27)19-6-3-4-7-20(19)24/h3-11,14,23H,12-13,15H2,1-2H3,(H,25,28). The molecule has 1 N–H and O–H groups in total. The van der Waals surface area contributed by atoms with Crippen molar-refractivity contribution in [2.45, 2.75) is 26.4 Å². The third kappa shape index (κ3) is 3.71. The molecule has 1 aliphatic heterocycles. The largest absolute Gasteiger partial charge is 0.348 e. The molecular formula is C23H24ClN3O. The summed E-state index contributed by atoms with van der Waals surface area (Å²) in [4.78, 5) is 15.0. The maximum Gasteiger partial charge on any atom is 0.238 e. The van der Waals surface area contributed by atoms with Crippen molar-refractivity contribution in [3.8, 4) is 0 Å². The molecule has 0 spiro atoms. The molecule has 4 nitrogen and oxygen atoms in total. The van der Waals surface area contributed by atoms with Crippen LogP contribution in [0.4, 0.5) is 5.69 Å². The van der Waals surface area contributed by atoms with Crippen molar-refractivity contribution >= 4 is 23.2 Å². The van der Waals surface area contributed by atoms with Crippen molar-refractivity contribution in [2.24, 2.45) is 0 Å². The van der Waals surface area contributed by atoms with Gasteiger partial charge in [-0.25, -0.2) is 0 Å². The SMILES string of the molecule is Cc1ccc(NC(=O)CN2CCn3cccc3C2c2ccccc2Cl)cc1C. The van der Waals surface area contributed by atoms with Crippen LogP contribution in [0.2, 0.25) is 5.02 Å². The summed E-state index contributed by atoms with van der Waals surface area (Å²) in [5.74, 6) is -0.0136. The van der Waals surface area contributed by atoms with Gasteiger partial charge in [-0.3, -0.25) is 9.69 Å². The van der Waals surface area contributed by atoms with E-state index in [2.05, 4.69) is 47.0 Å². The summed E-state index contributed by atoms with van der Waals surface area (Å²) < 4.78 is 2.24. The molecule has 2 heterocycles. The van der Waals surface area contributed by atoms with Crippen LogP contribution in [0, 0.1) is 13.8 Å². The lowest BCUT2D eigenvalue weighted by molar-refractivity contribution is -0.117. The maximum absolute atomic E-state index is 12.8. The van der Waals surface area contributed by atoms with Crippen molar-refractivity contribution in [3.05, 3.63) is 88.2 Å². The first kappa shape index (κ1) is 18.8. The Kier molecular flexibility index (Phi) is 5.25. The van der Waals surface area contributed by atoms with Crippen LogP contribution in [0.25, 0.3) is 0 Å². The van der Waals surface area contributed by atoms with Gasteiger partial charge in [-0.1, -0.05) is 35.9 Å². The smallest absolute Gasteiger partial charge is 0.238 e. The van der Waals surface area contributed by atoms with E-state index in [-0.39, 0.29) is 11.9 Å². The van der Waals surface area contributed by atoms with Crippen LogP contribution in [-0.2, 0) is 11.3 Å². The number of halogens is 1. The number of amides is 1. The molecule has 1 aromatic heterocycles. The molecule has 0 radical (unpaired) electrons. The van der Waals surface area contributed by atoms with Gasteiger partial charge in [0.1, 0.15) is 0 Å². The summed E-state index contributed by atoms with van der Waals surface area (Å²) in [5.41, 5.74) is 5.42. The van der Waals surface area contributed by atoms with Crippen molar-refractivity contribution in [1.29, 1.82) is 0 Å². The predicted octanol–water partition coefficient (Wildman–Crippen LogP) is 4.80. The van der Waals surface area contributed by atoms with Crippen LogP contribution in [0.5, 0.6) is 0 Å². The summed E-state index contributed by atoms with van der Waals surface area (Å²) in [6.07, 6.45) is 2.09. The van der Waals surface area contributed by atoms with E-state index < -0.39 is 0 Å². The monoisotopic (exact) mass is 393 g/mol. The van der Waals surface area contributed by atoms with E-state index in [4.69, 9.17) is 11.6 Å². The molecule has 28 heavy (non-hydrogen) atoms. The average Bonchev–Trinajstić information content (AvgIpc) is 3.14. The molecule has 0 saturated carbocycles. The Balaban J connectivity index is 1.58. The van der Waals surface area contributed by atoms with E-state index in [1.807, 2.05) is 42.5 Å². The summed E-state index contributed by atoms with van der Waals surface area (Å²) in [6.45, 7) is 6.08. The van der Waals surface area contributed by atoms with E-state index in [0.29, 0.717) is 6.54 Å². The van der Waals surface area contributed by atoms with E-state index in [0.717, 1.165) is 29.4 Å². The molecule has 1 unspecified atom stereocenters. The van der Waals surface area contributed by atoms with E-state index in [9.17, 15) is 4.79 Å². The van der Waals surface area contributed by atoms with Gasteiger partial charge in [-0.05, 0) is 60.9 Å². The molecule has 0 aliphatic carbocycles. The second kappa shape index (κ2) is 7.82. The topological polar surface area (TPSA) is 37.3 Å². The van der Waals surface area contributed by atoms with Gasteiger partial charge in [0.2, 0.25) is 5.91 Å². The number of benzene rings is 2. The van der Waals surface area contributed by atoms with Gasteiger partial charge in [0.25, 0.3) is 0 Å². The number of anilines is 1. The summed E-state index contributed by atoms with van der Waals surface area (Å²) in [5, 5.41) is 3.77. The number of nitrogens with one attached hydrogen (secondary N) is 1. The number of aromatic nitrogens is 1. The number of hydrogen-bond acceptors (Lipinski definition) is 2. The van der Waals surface area contributed by atoms with Crippen LogP contribution >= 0.6 is 11.6 Å². The molecule has 0 saturated heterocycles. The number of nitrogens with zero attached hydrogens (tertiary/aromatic N) is 2. The zero-order chi connectivity index (χ0) is 19.7. The Morgan fingerprint density at radius 1 is 1.07 bits per heavy atom. The highest BCUT2D eigenvalue weighted by atomic mass is 35.5. The van der Waals surface area contributed by atoms with E-state index in [1.165, 1.54) is 16.8 Å². The molecule has 3 aromatic rings. The van der Waals surface area contributed by atoms with Crippen LogP contribution < -0.4 is 5.32 Å². The summed E-state index contributed by atoms with van der Waals surface area (Å²) in [7, 11) is 0. The van der Waals surface area contributed by atoms with Gasteiger partial charge >= 0.3 is 0 Å². The third-order valence-corrected chi connectivity index (χ3v) is 5.82. The van der Waals surface area contributed by atoms with Crippen molar-refractivity contribution in [2.75, 3.05) is 18.4 Å². The fourth-order valence-corrected chi connectivity index (χ4v) is 4.10. The normalized spacial score (nSPS) is 16.6. The molecule has 0 fully saturated rings. The van der Waals surface area contributed by atoms with Gasteiger partial charge in [0, 0.05) is 35.7 Å². The van der Waals surface area contributed by atoms with Crippen molar-refractivity contribution < 1.29 is 4.79 Å². The lowest BCUT2D eigenvalue weighted by atomic mass is 10.00. The number of hydrogen-bond donors (Lipinski definition) is 1. The molecule has 1 amide bonds. The number of carbonyl (C=O) groups excluding carboxylic acids is 1. The molecule has 144 valence electrons. The Morgan fingerprint density at radius 3 is 2.68 bits per heavy atom. The Morgan fingerprint density at radius 2 is 1.89 bits per heavy atom. The number of aryl methyl sites for hydroxylation is 2. The number of fused-ring (bicyclic) bond motifs is 1. The first-order valence-electron chi connectivity index (χ1n) is 9.53. The molecule has 5 heteroatoms. The highest BCUT2D eigenvalue weighted by Gasteiger charge is 2.31. The van der Waals surface area contributed by atoms with Gasteiger partial charge in [0.05, 0.1) is 12.6 Å². The van der Waals surface area contributed by atoms with E-state index in [1.54, 1.807) is 0 Å². The minimum absolute atomic E-state index is 0.0136. The van der Waals surface area contributed by atoms with Crippen molar-refractivity contribution in [3.63, 3.8) is 0 Å². The van der Waals surface area contributed by atoms with Gasteiger partial charge < -0.3 is 9.88 Å². The molecule has 1 aliphatic rings. The lowest BCUT2D eigenvalue weighted by Crippen LogP contribution is -2.42. The van der Waals surface area contributed by atoms with Crippen LogP contribution in [0.15, 0.2) is 60.8 Å². The van der Waals surface area contributed by atoms with Gasteiger partial charge in [0.15, 0.2) is 0 Å². The quantitative estimate of drug-likeness (QED) is 0.691. The van der Waals surface area contributed by atoms with Crippen LogP contribution in [-0.4, -0.2) is 28.5 Å². The molecule has 4 rings (SSSR count). The fraction of sp³-hybridized carbons (Fsp3) is 0.261. The first-order chi connectivity index (χ1) is 13.5. The Bertz CT molecular complexity index is 1010.